The molecular formula is C17H22N4O. The lowest BCUT2D eigenvalue weighted by molar-refractivity contribution is 0.134. The Morgan fingerprint density at radius 2 is 1.91 bits per heavy atom. The molecule has 1 aliphatic rings. The number of hydrogen-bond acceptors (Lipinski definition) is 5. The summed E-state index contributed by atoms with van der Waals surface area (Å²) in [5.41, 5.74) is 5.69. The topological polar surface area (TPSA) is 64.3 Å². The first-order valence-electron chi connectivity index (χ1n) is 7.77. The Morgan fingerprint density at radius 1 is 1.14 bits per heavy atom. The van der Waals surface area contributed by atoms with Crippen molar-refractivity contribution in [3.8, 4) is 5.75 Å². The van der Waals surface area contributed by atoms with Crippen molar-refractivity contribution in [2.75, 3.05) is 25.4 Å². The summed E-state index contributed by atoms with van der Waals surface area (Å²) in [4.78, 5) is 10.9. The van der Waals surface area contributed by atoms with Crippen LogP contribution in [0.25, 0.3) is 0 Å². The fourth-order valence-electron chi connectivity index (χ4n) is 2.73. The number of rotatable bonds is 5. The molecule has 0 aliphatic carbocycles. The molecule has 0 saturated carbocycles. The maximum Gasteiger partial charge on any atom is 0.144 e. The molecule has 116 valence electrons. The molecule has 2 N–H and O–H groups in total. The summed E-state index contributed by atoms with van der Waals surface area (Å²) in [6.45, 7) is 3.69. The highest BCUT2D eigenvalue weighted by Gasteiger charge is 2.20. The van der Waals surface area contributed by atoms with E-state index in [0.29, 0.717) is 11.7 Å². The molecule has 1 saturated heterocycles. The number of ether oxygens (including phenoxy) is 1. The molecule has 1 aromatic carbocycles. The van der Waals surface area contributed by atoms with Crippen molar-refractivity contribution in [2.45, 2.75) is 19.4 Å². The number of nitrogens with two attached hydrogens (primary N) is 1. The van der Waals surface area contributed by atoms with Crippen LogP contribution in [0.2, 0.25) is 0 Å². The first-order chi connectivity index (χ1) is 10.8. The number of benzene rings is 1. The highest BCUT2D eigenvalue weighted by atomic mass is 16.5. The molecule has 0 unspecified atom stereocenters. The number of hydrogen-bond donors (Lipinski definition) is 1. The number of piperidine rings is 1. The van der Waals surface area contributed by atoms with Gasteiger partial charge in [0.25, 0.3) is 0 Å². The summed E-state index contributed by atoms with van der Waals surface area (Å²) in [5, 5.41) is 0. The highest BCUT2D eigenvalue weighted by Crippen LogP contribution is 2.20. The van der Waals surface area contributed by atoms with E-state index >= 15 is 0 Å². The molecule has 3 rings (SSSR count). The van der Waals surface area contributed by atoms with Gasteiger partial charge in [-0.1, -0.05) is 18.2 Å². The second kappa shape index (κ2) is 7.22. The second-order valence-electron chi connectivity index (χ2n) is 5.74. The summed E-state index contributed by atoms with van der Waals surface area (Å²) in [6.07, 6.45) is 4.02. The van der Waals surface area contributed by atoms with Crippen LogP contribution in [0, 0.1) is 5.92 Å². The standard InChI is InChI=1S/C17H22N4O/c18-16-6-9-19-17(20-16)12-21-10-7-14(8-11-21)13-22-15-4-2-1-3-5-15/h1-6,9,14H,7-8,10-13H2,(H2,18,19,20). The van der Waals surface area contributed by atoms with Gasteiger partial charge in [0.05, 0.1) is 13.2 Å². The number of anilines is 1. The van der Waals surface area contributed by atoms with Gasteiger partial charge in [0.1, 0.15) is 17.4 Å². The number of nitrogen functional groups attached to an aromatic ring is 1. The molecule has 0 spiro atoms. The average molecular weight is 298 g/mol. The van der Waals surface area contributed by atoms with Crippen molar-refractivity contribution in [1.29, 1.82) is 0 Å². The fraction of sp³-hybridized carbons (Fsp3) is 0.412. The van der Waals surface area contributed by atoms with Gasteiger partial charge >= 0.3 is 0 Å². The van der Waals surface area contributed by atoms with E-state index in [1.165, 1.54) is 0 Å². The molecule has 0 amide bonds. The Kier molecular flexibility index (Phi) is 4.85. The van der Waals surface area contributed by atoms with Gasteiger partial charge in [0, 0.05) is 6.20 Å². The molecule has 5 nitrogen and oxygen atoms in total. The Morgan fingerprint density at radius 3 is 2.64 bits per heavy atom. The van der Waals surface area contributed by atoms with Crippen LogP contribution in [0.5, 0.6) is 5.75 Å². The molecule has 1 fully saturated rings. The minimum atomic E-state index is 0.538. The first-order valence-corrected chi connectivity index (χ1v) is 7.77. The van der Waals surface area contributed by atoms with Crippen molar-refractivity contribution in [3.05, 3.63) is 48.4 Å². The predicted octanol–water partition coefficient (Wildman–Crippen LogP) is 2.35. The Hall–Kier alpha value is -2.14. The molecule has 22 heavy (non-hydrogen) atoms. The molecule has 0 bridgehead atoms. The molecule has 1 aromatic heterocycles. The van der Waals surface area contributed by atoms with E-state index in [-0.39, 0.29) is 0 Å². The van der Waals surface area contributed by atoms with Crippen LogP contribution in [0.15, 0.2) is 42.6 Å². The average Bonchev–Trinajstić information content (AvgIpc) is 2.55. The lowest BCUT2D eigenvalue weighted by Crippen LogP contribution is -2.35. The summed E-state index contributed by atoms with van der Waals surface area (Å²) in [5.74, 6) is 2.92. The maximum absolute atomic E-state index is 5.85. The van der Waals surface area contributed by atoms with Crippen LogP contribution in [-0.2, 0) is 6.54 Å². The van der Waals surface area contributed by atoms with E-state index in [2.05, 4.69) is 14.9 Å². The third-order valence-electron chi connectivity index (χ3n) is 4.03. The van der Waals surface area contributed by atoms with E-state index < -0.39 is 0 Å². The van der Waals surface area contributed by atoms with Crippen molar-refractivity contribution in [3.63, 3.8) is 0 Å². The summed E-state index contributed by atoms with van der Waals surface area (Å²) in [6, 6.07) is 11.7. The number of aromatic nitrogens is 2. The van der Waals surface area contributed by atoms with Crippen molar-refractivity contribution in [2.24, 2.45) is 5.92 Å². The minimum Gasteiger partial charge on any atom is -0.493 e. The van der Waals surface area contributed by atoms with Gasteiger partial charge in [0.15, 0.2) is 0 Å². The minimum absolute atomic E-state index is 0.538. The van der Waals surface area contributed by atoms with Gasteiger partial charge in [-0.25, -0.2) is 9.97 Å². The van der Waals surface area contributed by atoms with E-state index in [4.69, 9.17) is 10.5 Å². The number of para-hydroxylation sites is 1. The predicted molar refractivity (Wildman–Crippen MR) is 86.4 cm³/mol. The SMILES string of the molecule is Nc1ccnc(CN2CCC(COc3ccccc3)CC2)n1. The van der Waals surface area contributed by atoms with E-state index in [9.17, 15) is 0 Å². The van der Waals surface area contributed by atoms with Crippen LogP contribution in [0.4, 0.5) is 5.82 Å². The lowest BCUT2D eigenvalue weighted by atomic mass is 9.98. The normalized spacial score (nSPS) is 16.5. The third kappa shape index (κ3) is 4.18. The van der Waals surface area contributed by atoms with Crippen molar-refractivity contribution in [1.82, 2.24) is 14.9 Å². The van der Waals surface area contributed by atoms with Crippen LogP contribution < -0.4 is 10.5 Å². The highest BCUT2D eigenvalue weighted by molar-refractivity contribution is 5.25. The van der Waals surface area contributed by atoms with Gasteiger partial charge in [-0.3, -0.25) is 4.90 Å². The van der Waals surface area contributed by atoms with Crippen LogP contribution in [0.1, 0.15) is 18.7 Å². The maximum atomic E-state index is 5.85. The fourth-order valence-corrected chi connectivity index (χ4v) is 2.73. The van der Waals surface area contributed by atoms with Crippen molar-refractivity contribution >= 4 is 5.82 Å². The zero-order valence-electron chi connectivity index (χ0n) is 12.7. The van der Waals surface area contributed by atoms with Gasteiger partial charge in [-0.05, 0) is 50.0 Å². The summed E-state index contributed by atoms with van der Waals surface area (Å²) >= 11 is 0. The van der Waals surface area contributed by atoms with Gasteiger partial charge in [0.2, 0.25) is 0 Å². The van der Waals surface area contributed by atoms with Crippen LogP contribution >= 0.6 is 0 Å². The number of nitrogens with zero attached hydrogens (tertiary/aromatic N) is 3. The third-order valence-corrected chi connectivity index (χ3v) is 4.03. The van der Waals surface area contributed by atoms with Crippen LogP contribution in [0.3, 0.4) is 0 Å². The Balaban J connectivity index is 1.42. The quantitative estimate of drug-likeness (QED) is 0.918. The van der Waals surface area contributed by atoms with Gasteiger partial charge < -0.3 is 10.5 Å². The molecular weight excluding hydrogens is 276 g/mol. The molecule has 2 aromatic rings. The van der Waals surface area contributed by atoms with Gasteiger partial charge in [-0.2, -0.15) is 0 Å². The smallest absolute Gasteiger partial charge is 0.144 e. The molecule has 2 heterocycles. The largest absolute Gasteiger partial charge is 0.493 e. The van der Waals surface area contributed by atoms with Crippen LogP contribution in [-0.4, -0.2) is 34.6 Å². The summed E-state index contributed by atoms with van der Waals surface area (Å²) in [7, 11) is 0. The first kappa shape index (κ1) is 14.8. The van der Waals surface area contributed by atoms with Crippen molar-refractivity contribution < 1.29 is 4.74 Å². The summed E-state index contributed by atoms with van der Waals surface area (Å²) < 4.78 is 5.85. The Labute approximate surface area is 131 Å². The molecule has 0 atom stereocenters. The number of likely N-dealkylation sites (tertiary alicyclic amines) is 1. The van der Waals surface area contributed by atoms with E-state index in [1.54, 1.807) is 12.3 Å². The molecule has 5 heteroatoms. The Bertz CT molecular complexity index is 582. The zero-order chi connectivity index (χ0) is 15.2. The molecule has 1 aliphatic heterocycles. The monoisotopic (exact) mass is 298 g/mol. The van der Waals surface area contributed by atoms with Gasteiger partial charge in [-0.15, -0.1) is 0 Å². The molecule has 0 radical (unpaired) electrons. The second-order valence-corrected chi connectivity index (χ2v) is 5.74. The van der Waals surface area contributed by atoms with E-state index in [0.717, 1.165) is 50.7 Å². The lowest BCUT2D eigenvalue weighted by Gasteiger charge is -2.31. The zero-order valence-corrected chi connectivity index (χ0v) is 12.7. The van der Waals surface area contributed by atoms with E-state index in [1.807, 2.05) is 30.3 Å².